The van der Waals surface area contributed by atoms with Gasteiger partial charge < -0.3 is 15.4 Å². The van der Waals surface area contributed by atoms with Gasteiger partial charge in [0.2, 0.25) is 0 Å². The summed E-state index contributed by atoms with van der Waals surface area (Å²) in [5.41, 5.74) is 7.64. The van der Waals surface area contributed by atoms with Crippen molar-refractivity contribution in [3.8, 4) is 5.75 Å². The number of para-hydroxylation sites is 1. The molecule has 1 aliphatic rings. The zero-order valence-electron chi connectivity index (χ0n) is 14.5. The summed E-state index contributed by atoms with van der Waals surface area (Å²) in [6.07, 6.45) is 0.970. The van der Waals surface area contributed by atoms with E-state index >= 15 is 0 Å². The Bertz CT molecular complexity index is 691. The third kappa shape index (κ3) is 4.74. The van der Waals surface area contributed by atoms with Crippen molar-refractivity contribution in [1.29, 1.82) is 0 Å². The molecule has 5 heteroatoms. The highest BCUT2D eigenvalue weighted by molar-refractivity contribution is 5.94. The molecule has 0 saturated carbocycles. The number of amides is 1. The van der Waals surface area contributed by atoms with Crippen LogP contribution in [0.2, 0.25) is 0 Å². The molecule has 2 N–H and O–H groups in total. The molecule has 0 spiro atoms. The first-order valence-electron chi connectivity index (χ1n) is 8.36. The molecular formula is C20H25ClN2O2. The van der Waals surface area contributed by atoms with Crippen molar-refractivity contribution >= 4 is 18.3 Å². The van der Waals surface area contributed by atoms with Gasteiger partial charge in [-0.05, 0) is 48.2 Å². The molecule has 0 bridgehead atoms. The van der Waals surface area contributed by atoms with E-state index in [1.54, 1.807) is 0 Å². The van der Waals surface area contributed by atoms with Crippen LogP contribution >= 0.6 is 12.4 Å². The van der Waals surface area contributed by atoms with Gasteiger partial charge in [-0.2, -0.15) is 0 Å². The van der Waals surface area contributed by atoms with Gasteiger partial charge >= 0.3 is 0 Å². The zero-order valence-corrected chi connectivity index (χ0v) is 15.3. The van der Waals surface area contributed by atoms with E-state index in [9.17, 15) is 4.79 Å². The summed E-state index contributed by atoms with van der Waals surface area (Å²) in [4.78, 5) is 14.5. The molecule has 2 aromatic rings. The summed E-state index contributed by atoms with van der Waals surface area (Å²) >= 11 is 0. The summed E-state index contributed by atoms with van der Waals surface area (Å²) in [5, 5.41) is 0. The van der Waals surface area contributed by atoms with Crippen molar-refractivity contribution in [3.05, 3.63) is 65.7 Å². The predicted octanol–water partition coefficient (Wildman–Crippen LogP) is 3.50. The van der Waals surface area contributed by atoms with E-state index in [1.165, 1.54) is 0 Å². The third-order valence-electron chi connectivity index (χ3n) is 4.69. The fourth-order valence-electron chi connectivity index (χ4n) is 2.97. The van der Waals surface area contributed by atoms with Gasteiger partial charge in [-0.25, -0.2) is 0 Å². The number of halogens is 1. The number of nitrogens with zero attached hydrogens (tertiary/aromatic N) is 1. The predicted molar refractivity (Wildman–Crippen MR) is 102 cm³/mol. The minimum absolute atomic E-state index is 0. The quantitative estimate of drug-likeness (QED) is 0.887. The van der Waals surface area contributed by atoms with Gasteiger partial charge in [0, 0.05) is 18.7 Å². The van der Waals surface area contributed by atoms with Crippen LogP contribution in [0.4, 0.5) is 0 Å². The molecule has 1 saturated heterocycles. The first kappa shape index (κ1) is 19.3. The van der Waals surface area contributed by atoms with Gasteiger partial charge in [0.05, 0.1) is 0 Å². The first-order chi connectivity index (χ1) is 11.6. The van der Waals surface area contributed by atoms with Crippen LogP contribution in [0.5, 0.6) is 5.75 Å². The molecule has 1 unspecified atom stereocenters. The van der Waals surface area contributed by atoms with E-state index in [0.29, 0.717) is 13.2 Å². The molecule has 25 heavy (non-hydrogen) atoms. The number of hydrogen-bond acceptors (Lipinski definition) is 3. The summed E-state index contributed by atoms with van der Waals surface area (Å²) < 4.78 is 5.72. The fourth-order valence-corrected chi connectivity index (χ4v) is 2.97. The lowest BCUT2D eigenvalue weighted by Gasteiger charge is -2.22. The maximum atomic E-state index is 12.6. The van der Waals surface area contributed by atoms with E-state index in [4.69, 9.17) is 10.5 Å². The average molecular weight is 361 g/mol. The molecule has 1 fully saturated rings. The van der Waals surface area contributed by atoms with Gasteiger partial charge in [-0.3, -0.25) is 4.79 Å². The van der Waals surface area contributed by atoms with Crippen molar-refractivity contribution in [3.63, 3.8) is 0 Å². The van der Waals surface area contributed by atoms with Crippen LogP contribution < -0.4 is 10.5 Å². The van der Waals surface area contributed by atoms with Crippen LogP contribution in [0.25, 0.3) is 0 Å². The van der Waals surface area contributed by atoms with Gasteiger partial charge in [-0.1, -0.05) is 37.3 Å². The lowest BCUT2D eigenvalue weighted by molar-refractivity contribution is 0.0777. The summed E-state index contributed by atoms with van der Waals surface area (Å²) in [7, 11) is 0. The van der Waals surface area contributed by atoms with Gasteiger partial charge in [-0.15, -0.1) is 12.4 Å². The van der Waals surface area contributed by atoms with Crippen molar-refractivity contribution < 1.29 is 9.53 Å². The molecule has 134 valence electrons. The van der Waals surface area contributed by atoms with Gasteiger partial charge in [0.25, 0.3) is 5.91 Å². The van der Waals surface area contributed by atoms with E-state index in [2.05, 4.69) is 6.92 Å². The molecule has 4 nitrogen and oxygen atoms in total. The molecule has 0 aliphatic carbocycles. The third-order valence-corrected chi connectivity index (χ3v) is 4.69. The van der Waals surface area contributed by atoms with Crippen LogP contribution in [-0.4, -0.2) is 30.4 Å². The summed E-state index contributed by atoms with van der Waals surface area (Å²) in [5.74, 6) is 0.929. The largest absolute Gasteiger partial charge is 0.489 e. The number of benzene rings is 2. The molecular weight excluding hydrogens is 336 g/mol. The Hall–Kier alpha value is -2.04. The second kappa shape index (κ2) is 8.37. The Kier molecular flexibility index (Phi) is 6.45. The summed E-state index contributed by atoms with van der Waals surface area (Å²) in [6.45, 7) is 4.77. The Balaban J connectivity index is 0.00000225. The molecule has 1 amide bonds. The number of ether oxygens (including phenoxy) is 1. The maximum Gasteiger partial charge on any atom is 0.253 e. The van der Waals surface area contributed by atoms with E-state index < -0.39 is 0 Å². The van der Waals surface area contributed by atoms with E-state index in [-0.39, 0.29) is 23.7 Å². The Labute approximate surface area is 155 Å². The minimum atomic E-state index is 0. The molecule has 2 aromatic carbocycles. The normalized spacial score (nSPS) is 19.4. The highest BCUT2D eigenvalue weighted by Crippen LogP contribution is 2.29. The Morgan fingerprint density at radius 3 is 2.44 bits per heavy atom. The number of likely N-dealkylation sites (tertiary alicyclic amines) is 1. The molecule has 1 aliphatic heterocycles. The number of hydrogen-bond donors (Lipinski definition) is 1. The van der Waals surface area contributed by atoms with E-state index in [1.807, 2.05) is 59.5 Å². The highest BCUT2D eigenvalue weighted by Gasteiger charge is 2.35. The second-order valence-electron chi connectivity index (χ2n) is 6.79. The average Bonchev–Trinajstić information content (AvgIpc) is 3.04. The van der Waals surface area contributed by atoms with Crippen molar-refractivity contribution in [1.82, 2.24) is 4.90 Å². The smallest absolute Gasteiger partial charge is 0.253 e. The van der Waals surface area contributed by atoms with Crippen LogP contribution in [0.3, 0.4) is 0 Å². The fraction of sp³-hybridized carbons (Fsp3) is 0.350. The van der Waals surface area contributed by atoms with Gasteiger partial charge in [0.15, 0.2) is 0 Å². The van der Waals surface area contributed by atoms with Crippen LogP contribution in [0, 0.1) is 5.41 Å². The van der Waals surface area contributed by atoms with Crippen LogP contribution in [-0.2, 0) is 6.61 Å². The maximum absolute atomic E-state index is 12.6. The topological polar surface area (TPSA) is 55.6 Å². The SMILES string of the molecule is CC1(CN)CCN(C(=O)c2ccc(COc3ccccc3)cc2)C1.Cl. The van der Waals surface area contributed by atoms with Gasteiger partial charge in [0.1, 0.15) is 12.4 Å². The van der Waals surface area contributed by atoms with E-state index in [0.717, 1.165) is 36.4 Å². The Morgan fingerprint density at radius 1 is 1.16 bits per heavy atom. The monoisotopic (exact) mass is 360 g/mol. The lowest BCUT2D eigenvalue weighted by Crippen LogP contribution is -2.34. The number of carbonyl (C=O) groups excluding carboxylic acids is 1. The molecule has 1 atom stereocenters. The van der Waals surface area contributed by atoms with Crippen molar-refractivity contribution in [2.75, 3.05) is 19.6 Å². The summed E-state index contributed by atoms with van der Waals surface area (Å²) in [6, 6.07) is 17.4. The molecule has 0 radical (unpaired) electrons. The minimum Gasteiger partial charge on any atom is -0.489 e. The lowest BCUT2D eigenvalue weighted by atomic mass is 9.90. The number of carbonyl (C=O) groups is 1. The Morgan fingerprint density at radius 2 is 1.84 bits per heavy atom. The van der Waals surface area contributed by atoms with Crippen LogP contribution in [0.1, 0.15) is 29.3 Å². The van der Waals surface area contributed by atoms with Crippen molar-refractivity contribution in [2.45, 2.75) is 20.0 Å². The molecule has 3 rings (SSSR count). The molecule has 1 heterocycles. The molecule has 0 aromatic heterocycles. The number of rotatable bonds is 5. The first-order valence-corrected chi connectivity index (χ1v) is 8.36. The second-order valence-corrected chi connectivity index (χ2v) is 6.79. The van der Waals surface area contributed by atoms with Crippen molar-refractivity contribution in [2.24, 2.45) is 11.1 Å². The standard InChI is InChI=1S/C20H24N2O2.ClH/c1-20(14-21)11-12-22(15-20)19(23)17-9-7-16(8-10-17)13-24-18-5-3-2-4-6-18;/h2-10H,11-15,21H2,1H3;1H. The highest BCUT2D eigenvalue weighted by atomic mass is 35.5. The van der Waals surface area contributed by atoms with Crippen LogP contribution in [0.15, 0.2) is 54.6 Å². The zero-order chi connectivity index (χ0) is 17.0. The number of nitrogens with two attached hydrogens (primary N) is 1.